The second kappa shape index (κ2) is 16.9. The minimum atomic E-state index is -2.60. The lowest BCUT2D eigenvalue weighted by Gasteiger charge is -2.49. The fourth-order valence-electron chi connectivity index (χ4n) is 6.37. The maximum Gasteiger partial charge on any atom is 0.214 e. The normalized spacial score (nSPS) is 35.3. The second-order valence-electron chi connectivity index (χ2n) is 12.7. The number of benzene rings is 2. The molecular weight excluding hydrogens is 700 g/mol. The van der Waals surface area contributed by atoms with Crippen molar-refractivity contribution in [2.24, 2.45) is 0 Å². The molecule has 19 nitrogen and oxygen atoms in total. The molecule has 2 fully saturated rings. The number of hydrogen-bond donors (Lipinski definition) is 12. The number of rotatable bonds is 14. The fourth-order valence-corrected chi connectivity index (χ4v) is 6.37. The third-order valence-electron chi connectivity index (χ3n) is 9.06. The highest BCUT2D eigenvalue weighted by atomic mass is 16.8. The van der Waals surface area contributed by atoms with Gasteiger partial charge in [0.1, 0.15) is 92.0 Å². The minimum Gasteiger partial charge on any atom is -0.507 e. The van der Waals surface area contributed by atoms with Gasteiger partial charge in [0, 0.05) is 29.7 Å². The van der Waals surface area contributed by atoms with E-state index in [1.54, 1.807) is 0 Å². The van der Waals surface area contributed by atoms with E-state index in [9.17, 15) is 61.3 Å². The van der Waals surface area contributed by atoms with Crippen LogP contribution in [0.1, 0.15) is 24.2 Å². The summed E-state index contributed by atoms with van der Waals surface area (Å²) < 4.78 is 39.9. The van der Waals surface area contributed by atoms with Crippen LogP contribution in [-0.2, 0) is 20.6 Å². The zero-order chi connectivity index (χ0) is 37.9. The summed E-state index contributed by atoms with van der Waals surface area (Å²) in [7, 11) is 0. The zero-order valence-corrected chi connectivity index (χ0v) is 28.0. The molecule has 3 unspecified atom stereocenters. The van der Waals surface area contributed by atoms with Crippen molar-refractivity contribution in [1.29, 1.82) is 0 Å². The molecule has 2 saturated heterocycles. The van der Waals surface area contributed by atoms with Crippen LogP contribution < -0.4 is 18.9 Å². The van der Waals surface area contributed by atoms with Gasteiger partial charge >= 0.3 is 0 Å². The number of fused-ring (bicyclic) bond motifs is 1. The van der Waals surface area contributed by atoms with E-state index in [0.29, 0.717) is 0 Å². The smallest absolute Gasteiger partial charge is 0.214 e. The largest absolute Gasteiger partial charge is 0.507 e. The van der Waals surface area contributed by atoms with Gasteiger partial charge in [0.05, 0.1) is 25.9 Å². The third-order valence-corrected chi connectivity index (χ3v) is 9.06. The van der Waals surface area contributed by atoms with Gasteiger partial charge in [-0.3, -0.25) is 0 Å². The second-order valence-corrected chi connectivity index (χ2v) is 12.7. The first-order valence-electron chi connectivity index (χ1n) is 16.6. The Morgan fingerprint density at radius 1 is 0.750 bits per heavy atom. The standard InChI is InChI=1S/C33H46O19/c1-14-22(38)23(39)25(41)29(49-14)28(44)30-26(42)24(40)27(43)32(51-30)52-33(45)13-17-18(37)11-16(46-7-4-34)12-20(17)50-31(33)15-2-3-19(47-8-5-35)21(10-15)48-9-6-36/h2-3,10-12,14,22-32,34-45H,4-9,13H2,1H3/t14-,22-,23+,24+,25+,26+,27-,28?,29-,30+,31?,32-,33?/m1/s1. The Balaban J connectivity index is 1.51. The van der Waals surface area contributed by atoms with Crippen molar-refractivity contribution < 1.29 is 94.4 Å². The number of aliphatic hydroxyl groups excluding tert-OH is 10. The average molecular weight is 747 g/mol. The Bertz CT molecular complexity index is 1480. The van der Waals surface area contributed by atoms with Gasteiger partial charge in [0.25, 0.3) is 0 Å². The van der Waals surface area contributed by atoms with Gasteiger partial charge in [0.15, 0.2) is 23.9 Å². The Kier molecular flexibility index (Phi) is 13.0. The molecule has 0 saturated carbocycles. The van der Waals surface area contributed by atoms with Crippen molar-refractivity contribution in [2.75, 3.05) is 39.6 Å². The predicted octanol–water partition coefficient (Wildman–Crippen LogP) is -4.07. The Morgan fingerprint density at radius 3 is 2.00 bits per heavy atom. The van der Waals surface area contributed by atoms with E-state index in [4.69, 9.17) is 33.2 Å². The zero-order valence-electron chi connectivity index (χ0n) is 28.0. The maximum absolute atomic E-state index is 12.3. The molecule has 0 bridgehead atoms. The topological polar surface area (TPSA) is 307 Å². The lowest BCUT2D eigenvalue weighted by Crippen LogP contribution is -2.68. The van der Waals surface area contributed by atoms with Crippen LogP contribution in [0, 0.1) is 0 Å². The number of ether oxygens (including phenoxy) is 7. The van der Waals surface area contributed by atoms with Gasteiger partial charge in [-0.25, -0.2) is 0 Å². The monoisotopic (exact) mass is 746 g/mol. The molecule has 0 radical (unpaired) electrons. The summed E-state index contributed by atoms with van der Waals surface area (Å²) in [6.07, 6.45) is -22.1. The highest BCUT2D eigenvalue weighted by Crippen LogP contribution is 2.49. The van der Waals surface area contributed by atoms with Crippen molar-refractivity contribution in [3.63, 3.8) is 0 Å². The molecule has 13 atom stereocenters. The molecular formula is C33H46O19. The van der Waals surface area contributed by atoms with Gasteiger partial charge in [-0.15, -0.1) is 0 Å². The van der Waals surface area contributed by atoms with Crippen molar-refractivity contribution in [1.82, 2.24) is 0 Å². The molecule has 3 heterocycles. The number of phenolic OH excluding ortho intramolecular Hbond substituents is 1. The summed E-state index contributed by atoms with van der Waals surface area (Å²) in [5, 5.41) is 126. The summed E-state index contributed by atoms with van der Waals surface area (Å²) in [5.41, 5.74) is 0.138. The van der Waals surface area contributed by atoms with E-state index in [-0.39, 0.29) is 73.8 Å². The Hall–Kier alpha value is -3.12. The lowest BCUT2D eigenvalue weighted by atomic mass is 9.86. The quantitative estimate of drug-likeness (QED) is 0.0818. The minimum absolute atomic E-state index is 0.00233. The van der Waals surface area contributed by atoms with E-state index < -0.39 is 91.4 Å². The van der Waals surface area contributed by atoms with Crippen molar-refractivity contribution in [3.8, 4) is 28.7 Å². The lowest BCUT2D eigenvalue weighted by molar-refractivity contribution is -0.387. The number of phenols is 1. The summed E-state index contributed by atoms with van der Waals surface area (Å²) in [4.78, 5) is 0. The molecule has 0 aromatic heterocycles. The van der Waals surface area contributed by atoms with E-state index in [1.807, 2.05) is 0 Å². The third kappa shape index (κ3) is 8.17. The SMILES string of the molecule is C[C@H]1O[C@@H](C(O)[C@H]2O[C@H](OC3(O)Cc4c(O)cc(OCCO)cc4OC3c3ccc(OCCO)c(OCCO)c3)[C@H](O)[C@@H](O)[C@@H]2O)[C@@H](O)[C@@H](O)[C@@H]1O. The predicted molar refractivity (Wildman–Crippen MR) is 170 cm³/mol. The Morgan fingerprint density at radius 2 is 1.35 bits per heavy atom. The molecule has 5 rings (SSSR count). The average Bonchev–Trinajstić information content (AvgIpc) is 3.13. The summed E-state index contributed by atoms with van der Waals surface area (Å²) in [6.45, 7) is -0.0630. The van der Waals surface area contributed by atoms with E-state index in [1.165, 1.54) is 37.3 Å². The van der Waals surface area contributed by atoms with Crippen LogP contribution in [0.2, 0.25) is 0 Å². The molecule has 19 heteroatoms. The Labute approximate surface area is 296 Å². The fraction of sp³-hybridized carbons (Fsp3) is 0.636. The van der Waals surface area contributed by atoms with Gasteiger partial charge in [0.2, 0.25) is 5.79 Å². The molecule has 2 aromatic carbocycles. The first-order valence-corrected chi connectivity index (χ1v) is 16.6. The molecule has 2 aromatic rings. The van der Waals surface area contributed by atoms with Crippen LogP contribution >= 0.6 is 0 Å². The van der Waals surface area contributed by atoms with Crippen LogP contribution in [0.25, 0.3) is 0 Å². The van der Waals surface area contributed by atoms with Crippen molar-refractivity contribution in [2.45, 2.75) is 92.6 Å². The highest BCUT2D eigenvalue weighted by molar-refractivity contribution is 5.53. The van der Waals surface area contributed by atoms with Gasteiger partial charge in [-0.1, -0.05) is 6.07 Å². The molecule has 292 valence electrons. The molecule has 3 aliphatic rings. The number of aromatic hydroxyl groups is 1. The van der Waals surface area contributed by atoms with E-state index >= 15 is 0 Å². The number of aliphatic hydroxyl groups is 11. The van der Waals surface area contributed by atoms with Gasteiger partial charge < -0.3 is 94.4 Å². The molecule has 0 amide bonds. The first-order chi connectivity index (χ1) is 24.7. The first kappa shape index (κ1) is 40.1. The van der Waals surface area contributed by atoms with Crippen LogP contribution in [0.5, 0.6) is 28.7 Å². The molecule has 3 aliphatic heterocycles. The van der Waals surface area contributed by atoms with E-state index in [0.717, 1.165) is 0 Å². The molecule has 0 spiro atoms. The van der Waals surface area contributed by atoms with Crippen LogP contribution in [0.4, 0.5) is 0 Å². The molecule has 52 heavy (non-hydrogen) atoms. The number of hydrogen-bond acceptors (Lipinski definition) is 19. The molecule has 12 N–H and O–H groups in total. The highest BCUT2D eigenvalue weighted by Gasteiger charge is 2.56. The van der Waals surface area contributed by atoms with Crippen LogP contribution in [0.3, 0.4) is 0 Å². The van der Waals surface area contributed by atoms with Gasteiger partial charge in [-0.05, 0) is 19.1 Å². The summed E-state index contributed by atoms with van der Waals surface area (Å²) >= 11 is 0. The van der Waals surface area contributed by atoms with Gasteiger partial charge in [-0.2, -0.15) is 0 Å². The molecule has 0 aliphatic carbocycles. The van der Waals surface area contributed by atoms with Crippen molar-refractivity contribution >= 4 is 0 Å². The summed E-state index contributed by atoms with van der Waals surface area (Å²) in [6, 6.07) is 6.84. The van der Waals surface area contributed by atoms with Crippen LogP contribution in [0.15, 0.2) is 30.3 Å². The van der Waals surface area contributed by atoms with E-state index in [2.05, 4.69) is 0 Å². The van der Waals surface area contributed by atoms with Crippen LogP contribution in [-0.4, -0.2) is 174 Å². The maximum atomic E-state index is 12.3. The summed E-state index contributed by atoms with van der Waals surface area (Å²) in [5.74, 6) is -2.69. The van der Waals surface area contributed by atoms with Crippen molar-refractivity contribution in [3.05, 3.63) is 41.5 Å².